The topological polar surface area (TPSA) is 9.23 Å². The molecule has 2 heteroatoms. The van der Waals surface area contributed by atoms with Crippen molar-refractivity contribution < 1.29 is 9.13 Å². The molecule has 3 atom stereocenters. The Morgan fingerprint density at radius 1 is 1.19 bits per heavy atom. The Hall–Kier alpha value is -1.83. The molecule has 3 unspecified atom stereocenters. The summed E-state index contributed by atoms with van der Waals surface area (Å²) in [6.07, 6.45) is 14.1. The highest BCUT2D eigenvalue weighted by molar-refractivity contribution is 5.32. The standard InChI is InChI=1S/C19H21FO/c1-21-12-2-3-18-15-6-8-16(9-7-15)19(18)13-14-4-10-17(20)11-5-14/h2-6,8,10-12,15-16,19H,7,9,13H2,1H3. The lowest BCUT2D eigenvalue weighted by Gasteiger charge is -2.41. The van der Waals surface area contributed by atoms with E-state index in [0.717, 1.165) is 6.42 Å². The summed E-state index contributed by atoms with van der Waals surface area (Å²) in [5.74, 6) is 1.53. The third kappa shape index (κ3) is 3.10. The molecule has 0 N–H and O–H groups in total. The molecule has 0 amide bonds. The lowest BCUT2D eigenvalue weighted by atomic mass is 9.64. The molecule has 4 rings (SSSR count). The number of hydrogen-bond acceptors (Lipinski definition) is 1. The van der Waals surface area contributed by atoms with Gasteiger partial charge in [-0.2, -0.15) is 0 Å². The zero-order valence-electron chi connectivity index (χ0n) is 12.3. The van der Waals surface area contributed by atoms with Gasteiger partial charge in [0.05, 0.1) is 13.4 Å². The number of hydrogen-bond donors (Lipinski definition) is 0. The van der Waals surface area contributed by atoms with E-state index in [4.69, 9.17) is 4.74 Å². The quantitative estimate of drug-likeness (QED) is 0.577. The molecule has 1 saturated carbocycles. The zero-order valence-corrected chi connectivity index (χ0v) is 12.3. The van der Waals surface area contributed by atoms with Crippen molar-refractivity contribution in [2.24, 2.45) is 17.8 Å². The molecule has 1 nitrogen and oxygen atoms in total. The third-order valence-corrected chi connectivity index (χ3v) is 4.65. The van der Waals surface area contributed by atoms with Gasteiger partial charge in [-0.3, -0.25) is 0 Å². The average Bonchev–Trinajstić information content (AvgIpc) is 2.52. The Kier molecular flexibility index (Phi) is 4.23. The van der Waals surface area contributed by atoms with Crippen molar-refractivity contribution >= 4 is 0 Å². The number of methoxy groups -OCH3 is 1. The first kappa shape index (κ1) is 14.1. The number of fused-ring (bicyclic) bond motifs is 2. The molecule has 3 aliphatic rings. The van der Waals surface area contributed by atoms with Crippen LogP contribution in [0.3, 0.4) is 0 Å². The minimum Gasteiger partial charge on any atom is -0.504 e. The van der Waals surface area contributed by atoms with E-state index < -0.39 is 0 Å². The van der Waals surface area contributed by atoms with Crippen LogP contribution in [-0.2, 0) is 11.2 Å². The summed E-state index contributed by atoms with van der Waals surface area (Å²) in [5, 5.41) is 0. The summed E-state index contributed by atoms with van der Waals surface area (Å²) >= 11 is 0. The van der Waals surface area contributed by atoms with Gasteiger partial charge in [-0.1, -0.05) is 35.9 Å². The van der Waals surface area contributed by atoms with E-state index in [-0.39, 0.29) is 5.82 Å². The smallest absolute Gasteiger partial charge is 0.123 e. The summed E-state index contributed by atoms with van der Waals surface area (Å²) in [7, 11) is 1.66. The lowest BCUT2D eigenvalue weighted by molar-refractivity contribution is 0.302. The Morgan fingerprint density at radius 3 is 2.67 bits per heavy atom. The van der Waals surface area contributed by atoms with E-state index >= 15 is 0 Å². The molecular weight excluding hydrogens is 263 g/mol. The number of rotatable bonds is 4. The van der Waals surface area contributed by atoms with Crippen LogP contribution in [0.15, 0.2) is 60.4 Å². The summed E-state index contributed by atoms with van der Waals surface area (Å²) in [4.78, 5) is 0. The first-order chi connectivity index (χ1) is 10.3. The van der Waals surface area contributed by atoms with Crippen molar-refractivity contribution in [3.8, 4) is 0 Å². The van der Waals surface area contributed by atoms with Crippen LogP contribution in [0.2, 0.25) is 0 Å². The van der Waals surface area contributed by atoms with Crippen molar-refractivity contribution in [3.05, 3.63) is 71.8 Å². The van der Waals surface area contributed by atoms with Crippen LogP contribution < -0.4 is 0 Å². The largest absolute Gasteiger partial charge is 0.504 e. The Morgan fingerprint density at radius 2 is 2.00 bits per heavy atom. The minimum absolute atomic E-state index is 0.164. The number of benzene rings is 1. The zero-order chi connectivity index (χ0) is 14.7. The molecule has 1 fully saturated rings. The Balaban J connectivity index is 1.83. The van der Waals surface area contributed by atoms with Gasteiger partial charge in [-0.05, 0) is 60.8 Å². The van der Waals surface area contributed by atoms with Crippen molar-refractivity contribution in [2.45, 2.75) is 19.3 Å². The third-order valence-electron chi connectivity index (χ3n) is 4.65. The van der Waals surface area contributed by atoms with Crippen molar-refractivity contribution in [3.63, 3.8) is 0 Å². The average molecular weight is 284 g/mol. The van der Waals surface area contributed by atoms with E-state index in [1.165, 1.54) is 24.0 Å². The van der Waals surface area contributed by atoms with Gasteiger partial charge in [-0.25, -0.2) is 4.39 Å². The normalized spacial score (nSPS) is 29.4. The molecule has 0 heterocycles. The van der Waals surface area contributed by atoms with Gasteiger partial charge in [0.25, 0.3) is 0 Å². The molecule has 2 bridgehead atoms. The van der Waals surface area contributed by atoms with Gasteiger partial charge in [0.2, 0.25) is 0 Å². The first-order valence-electron chi connectivity index (χ1n) is 7.60. The van der Waals surface area contributed by atoms with Crippen molar-refractivity contribution in [2.75, 3.05) is 7.11 Å². The van der Waals surface area contributed by atoms with E-state index in [1.54, 1.807) is 25.5 Å². The molecular formula is C19H21FO. The molecule has 1 aromatic carbocycles. The number of halogens is 1. The van der Waals surface area contributed by atoms with Crippen LogP contribution in [0.5, 0.6) is 0 Å². The van der Waals surface area contributed by atoms with E-state index in [9.17, 15) is 4.39 Å². The molecule has 0 saturated heterocycles. The first-order valence-corrected chi connectivity index (χ1v) is 7.60. The van der Waals surface area contributed by atoms with Gasteiger partial charge in [-0.15, -0.1) is 0 Å². The van der Waals surface area contributed by atoms with Crippen LogP contribution in [0.25, 0.3) is 0 Å². The molecule has 3 aliphatic carbocycles. The maximum absolute atomic E-state index is 13.1. The van der Waals surface area contributed by atoms with Gasteiger partial charge >= 0.3 is 0 Å². The molecule has 0 radical (unpaired) electrons. The second kappa shape index (κ2) is 6.30. The highest BCUT2D eigenvalue weighted by Gasteiger charge is 2.35. The minimum atomic E-state index is -0.164. The van der Waals surface area contributed by atoms with Crippen LogP contribution in [0, 0.1) is 23.6 Å². The van der Waals surface area contributed by atoms with Crippen LogP contribution >= 0.6 is 0 Å². The molecule has 0 aromatic heterocycles. The summed E-state index contributed by atoms with van der Waals surface area (Å²) in [6.45, 7) is 0. The maximum atomic E-state index is 13.1. The SMILES string of the molecule is COC=CC=C1C2C=CC(CC2)C1Cc1ccc(F)cc1. The fraction of sp³-hybridized carbons (Fsp3) is 0.368. The van der Waals surface area contributed by atoms with Gasteiger partial charge < -0.3 is 4.74 Å². The fourth-order valence-corrected chi connectivity index (χ4v) is 3.60. The number of ether oxygens (including phenoxy) is 1. The summed E-state index contributed by atoms with van der Waals surface area (Å²) < 4.78 is 18.0. The second-order valence-electron chi connectivity index (χ2n) is 5.90. The molecule has 1 aromatic rings. The molecule has 21 heavy (non-hydrogen) atoms. The van der Waals surface area contributed by atoms with E-state index in [0.29, 0.717) is 17.8 Å². The van der Waals surface area contributed by atoms with Crippen LogP contribution in [-0.4, -0.2) is 7.11 Å². The molecule has 110 valence electrons. The Bertz CT molecular complexity index is 568. The summed E-state index contributed by atoms with van der Waals surface area (Å²) in [6, 6.07) is 6.93. The highest BCUT2D eigenvalue weighted by Crippen LogP contribution is 2.45. The fourth-order valence-electron chi connectivity index (χ4n) is 3.60. The van der Waals surface area contributed by atoms with Crippen LogP contribution in [0.4, 0.5) is 4.39 Å². The maximum Gasteiger partial charge on any atom is 0.123 e. The summed E-state index contributed by atoms with van der Waals surface area (Å²) in [5.41, 5.74) is 2.70. The van der Waals surface area contributed by atoms with Crippen LogP contribution in [0.1, 0.15) is 18.4 Å². The predicted octanol–water partition coefficient (Wildman–Crippen LogP) is 4.67. The monoisotopic (exact) mass is 284 g/mol. The van der Waals surface area contributed by atoms with Gasteiger partial charge in [0, 0.05) is 0 Å². The predicted molar refractivity (Wildman–Crippen MR) is 83.2 cm³/mol. The highest BCUT2D eigenvalue weighted by atomic mass is 19.1. The van der Waals surface area contributed by atoms with Gasteiger partial charge in [0.1, 0.15) is 5.82 Å². The lowest BCUT2D eigenvalue weighted by Crippen LogP contribution is -2.31. The van der Waals surface area contributed by atoms with E-state index in [2.05, 4.69) is 18.2 Å². The van der Waals surface area contributed by atoms with Crippen molar-refractivity contribution in [1.29, 1.82) is 0 Å². The Labute approximate surface area is 125 Å². The van der Waals surface area contributed by atoms with E-state index in [1.807, 2.05) is 18.2 Å². The molecule has 0 spiro atoms. The van der Waals surface area contributed by atoms with Crippen molar-refractivity contribution in [1.82, 2.24) is 0 Å². The number of allylic oxidation sites excluding steroid dienone is 5. The molecule has 0 aliphatic heterocycles. The second-order valence-corrected chi connectivity index (χ2v) is 5.90. The van der Waals surface area contributed by atoms with Gasteiger partial charge in [0.15, 0.2) is 0 Å².